The van der Waals surface area contributed by atoms with E-state index in [1.54, 1.807) is 12.1 Å². The highest BCUT2D eigenvalue weighted by Crippen LogP contribution is 2.16. The van der Waals surface area contributed by atoms with E-state index in [0.717, 1.165) is 12.8 Å². The van der Waals surface area contributed by atoms with Crippen LogP contribution in [0.5, 0.6) is 0 Å². The Morgan fingerprint density at radius 3 is 2.95 bits per heavy atom. The van der Waals surface area contributed by atoms with Crippen LogP contribution in [0.3, 0.4) is 0 Å². The summed E-state index contributed by atoms with van der Waals surface area (Å²) in [5.74, 6) is 0.427. The first-order valence-electron chi connectivity index (χ1n) is 6.02. The van der Waals surface area contributed by atoms with Gasteiger partial charge in [0, 0.05) is 24.4 Å². The molecule has 104 valence electrons. The average molecular weight is 266 g/mol. The number of anilines is 1. The standard InChI is InChI=1S/C12H18N4O3/c1-3-4-8-13-12(15-19-2)14-10-6-5-7-11(9-10)16(17)18/h5-7,9H,3-4,8H2,1-2H3,(H2,13,14,15). The number of hydrogen-bond acceptors (Lipinski definition) is 4. The summed E-state index contributed by atoms with van der Waals surface area (Å²) >= 11 is 0. The van der Waals surface area contributed by atoms with Crippen LogP contribution in [0, 0.1) is 10.1 Å². The predicted octanol–water partition coefficient (Wildman–Crippen LogP) is 2.31. The number of hydrogen-bond donors (Lipinski definition) is 2. The molecule has 0 bridgehead atoms. The fraction of sp³-hybridized carbons (Fsp3) is 0.417. The van der Waals surface area contributed by atoms with E-state index < -0.39 is 4.92 Å². The monoisotopic (exact) mass is 266 g/mol. The number of benzene rings is 1. The van der Waals surface area contributed by atoms with Crippen molar-refractivity contribution in [3.8, 4) is 0 Å². The maximum atomic E-state index is 10.7. The number of aliphatic imine (C=N–C) groups is 1. The van der Waals surface area contributed by atoms with Gasteiger partial charge in [-0.2, -0.15) is 0 Å². The van der Waals surface area contributed by atoms with Crippen molar-refractivity contribution in [1.29, 1.82) is 0 Å². The summed E-state index contributed by atoms with van der Waals surface area (Å²) in [5, 5.41) is 13.6. The van der Waals surface area contributed by atoms with E-state index in [-0.39, 0.29) is 5.69 Å². The number of nitro benzene ring substituents is 1. The summed E-state index contributed by atoms with van der Waals surface area (Å²) in [5.41, 5.74) is 3.21. The smallest absolute Gasteiger partial charge is 0.271 e. The van der Waals surface area contributed by atoms with Crippen molar-refractivity contribution in [3.63, 3.8) is 0 Å². The van der Waals surface area contributed by atoms with Crippen molar-refractivity contribution in [2.75, 3.05) is 19.0 Å². The van der Waals surface area contributed by atoms with E-state index in [1.807, 2.05) is 0 Å². The third kappa shape index (κ3) is 5.35. The molecule has 1 aromatic rings. The van der Waals surface area contributed by atoms with Gasteiger partial charge in [0.15, 0.2) is 0 Å². The van der Waals surface area contributed by atoms with Gasteiger partial charge in [0.25, 0.3) is 5.69 Å². The normalized spacial score (nSPS) is 11.2. The lowest BCUT2D eigenvalue weighted by molar-refractivity contribution is -0.384. The van der Waals surface area contributed by atoms with Crippen molar-refractivity contribution in [3.05, 3.63) is 34.4 Å². The number of unbranched alkanes of at least 4 members (excludes halogenated alkanes) is 1. The maximum Gasteiger partial charge on any atom is 0.271 e. The minimum atomic E-state index is -0.442. The summed E-state index contributed by atoms with van der Waals surface area (Å²) in [6.45, 7) is 2.73. The zero-order valence-electron chi connectivity index (χ0n) is 11.0. The average Bonchev–Trinajstić information content (AvgIpc) is 2.39. The SMILES string of the molecule is CCCCN=C(NOC)Nc1cccc([N+](=O)[O-])c1. The van der Waals surface area contributed by atoms with E-state index in [9.17, 15) is 10.1 Å². The summed E-state index contributed by atoms with van der Waals surface area (Å²) in [6, 6.07) is 6.20. The molecule has 1 rings (SSSR count). The molecule has 0 saturated heterocycles. The first-order chi connectivity index (χ1) is 9.17. The van der Waals surface area contributed by atoms with Crippen molar-refractivity contribution < 1.29 is 9.76 Å². The van der Waals surface area contributed by atoms with Gasteiger partial charge in [-0.15, -0.1) is 0 Å². The van der Waals surface area contributed by atoms with E-state index >= 15 is 0 Å². The molecule has 0 unspecified atom stereocenters. The lowest BCUT2D eigenvalue weighted by Crippen LogP contribution is -2.30. The van der Waals surface area contributed by atoms with Gasteiger partial charge in [-0.05, 0) is 12.5 Å². The molecule has 0 aliphatic carbocycles. The third-order valence-corrected chi connectivity index (χ3v) is 2.30. The molecule has 0 fully saturated rings. The summed E-state index contributed by atoms with van der Waals surface area (Å²) in [7, 11) is 1.48. The fourth-order valence-corrected chi connectivity index (χ4v) is 1.38. The number of nitrogens with zero attached hydrogens (tertiary/aromatic N) is 2. The van der Waals surface area contributed by atoms with Gasteiger partial charge in [0.1, 0.15) is 0 Å². The minimum absolute atomic E-state index is 0.0234. The minimum Gasteiger partial charge on any atom is -0.324 e. The van der Waals surface area contributed by atoms with Crippen LogP contribution in [0.4, 0.5) is 11.4 Å². The van der Waals surface area contributed by atoms with Crippen molar-refractivity contribution in [2.24, 2.45) is 4.99 Å². The molecule has 7 nitrogen and oxygen atoms in total. The number of nitro groups is 1. The summed E-state index contributed by atoms with van der Waals surface area (Å²) in [4.78, 5) is 19.3. The Balaban J connectivity index is 2.75. The van der Waals surface area contributed by atoms with Crippen molar-refractivity contribution >= 4 is 17.3 Å². The number of hydroxylamine groups is 1. The Kier molecular flexibility index (Phi) is 6.31. The van der Waals surface area contributed by atoms with Crippen LogP contribution in [0.2, 0.25) is 0 Å². The molecule has 0 aliphatic rings. The van der Waals surface area contributed by atoms with Crippen LogP contribution >= 0.6 is 0 Å². The Hall–Kier alpha value is -2.15. The highest BCUT2D eigenvalue weighted by molar-refractivity contribution is 5.93. The molecular formula is C12H18N4O3. The fourth-order valence-electron chi connectivity index (χ4n) is 1.38. The Bertz CT molecular complexity index is 448. The molecule has 1 aromatic carbocycles. The lowest BCUT2D eigenvalue weighted by Gasteiger charge is -2.10. The molecule has 0 atom stereocenters. The second-order valence-electron chi connectivity index (χ2n) is 3.82. The Labute approximate surface area is 111 Å². The zero-order chi connectivity index (χ0) is 14.1. The molecule has 0 radical (unpaired) electrons. The second kappa shape index (κ2) is 8.04. The van der Waals surface area contributed by atoms with Gasteiger partial charge >= 0.3 is 0 Å². The molecule has 7 heteroatoms. The summed E-state index contributed by atoms with van der Waals surface area (Å²) in [6.07, 6.45) is 2.01. The molecule has 0 saturated carbocycles. The summed E-state index contributed by atoms with van der Waals surface area (Å²) < 4.78 is 0. The van der Waals surface area contributed by atoms with Gasteiger partial charge in [0.05, 0.1) is 12.0 Å². The molecule has 0 spiro atoms. The first-order valence-corrected chi connectivity index (χ1v) is 6.02. The van der Waals surface area contributed by atoms with Gasteiger partial charge in [-0.3, -0.25) is 19.9 Å². The largest absolute Gasteiger partial charge is 0.324 e. The van der Waals surface area contributed by atoms with E-state index in [1.165, 1.54) is 19.2 Å². The molecule has 0 heterocycles. The third-order valence-electron chi connectivity index (χ3n) is 2.30. The highest BCUT2D eigenvalue weighted by Gasteiger charge is 2.06. The molecular weight excluding hydrogens is 248 g/mol. The van der Waals surface area contributed by atoms with Gasteiger partial charge < -0.3 is 5.32 Å². The van der Waals surface area contributed by atoms with E-state index in [0.29, 0.717) is 18.2 Å². The van der Waals surface area contributed by atoms with Crippen LogP contribution in [0.1, 0.15) is 19.8 Å². The number of rotatable bonds is 6. The molecule has 0 amide bonds. The van der Waals surface area contributed by atoms with Gasteiger partial charge in [0.2, 0.25) is 5.96 Å². The van der Waals surface area contributed by atoms with Crippen molar-refractivity contribution in [2.45, 2.75) is 19.8 Å². The van der Waals surface area contributed by atoms with E-state index in [2.05, 4.69) is 22.7 Å². The maximum absolute atomic E-state index is 10.7. The highest BCUT2D eigenvalue weighted by atomic mass is 16.6. The Morgan fingerprint density at radius 2 is 2.32 bits per heavy atom. The molecule has 19 heavy (non-hydrogen) atoms. The van der Waals surface area contributed by atoms with Crippen LogP contribution in [-0.4, -0.2) is 24.5 Å². The molecule has 0 aromatic heterocycles. The van der Waals surface area contributed by atoms with E-state index in [4.69, 9.17) is 4.84 Å². The molecule has 0 aliphatic heterocycles. The van der Waals surface area contributed by atoms with Crippen LogP contribution in [0.15, 0.2) is 29.3 Å². The molecule has 2 N–H and O–H groups in total. The van der Waals surface area contributed by atoms with Gasteiger partial charge in [-0.1, -0.05) is 19.4 Å². The number of non-ortho nitro benzene ring substituents is 1. The second-order valence-corrected chi connectivity index (χ2v) is 3.82. The predicted molar refractivity (Wildman–Crippen MR) is 74.1 cm³/mol. The quantitative estimate of drug-likeness (QED) is 0.271. The van der Waals surface area contributed by atoms with Gasteiger partial charge in [-0.25, -0.2) is 5.48 Å². The van der Waals surface area contributed by atoms with Crippen LogP contribution < -0.4 is 10.8 Å². The van der Waals surface area contributed by atoms with Crippen LogP contribution in [0.25, 0.3) is 0 Å². The zero-order valence-corrected chi connectivity index (χ0v) is 11.0. The first kappa shape index (κ1) is 14.9. The van der Waals surface area contributed by atoms with Crippen LogP contribution in [-0.2, 0) is 4.84 Å². The number of guanidine groups is 1. The number of nitrogens with one attached hydrogen (secondary N) is 2. The van der Waals surface area contributed by atoms with Crippen molar-refractivity contribution in [1.82, 2.24) is 5.48 Å². The topological polar surface area (TPSA) is 88.8 Å². The Morgan fingerprint density at radius 1 is 1.53 bits per heavy atom. The lowest BCUT2D eigenvalue weighted by atomic mass is 10.3.